The van der Waals surface area contributed by atoms with Crippen LogP contribution in [0.1, 0.15) is 21.5 Å². The number of carbonyl (C=O) groups is 2. The van der Waals surface area contributed by atoms with E-state index in [0.29, 0.717) is 28.3 Å². The molecule has 190 valence electrons. The number of benzene rings is 3. The average molecular weight is 498 g/mol. The van der Waals surface area contributed by atoms with Crippen molar-refractivity contribution in [2.45, 2.75) is 0 Å². The van der Waals surface area contributed by atoms with Crippen LogP contribution in [0.5, 0.6) is 5.75 Å². The topological polar surface area (TPSA) is 77.5 Å². The molecule has 0 unspecified atom stereocenters. The van der Waals surface area contributed by atoms with E-state index < -0.39 is 11.9 Å². The second-order valence-electron chi connectivity index (χ2n) is 8.54. The number of anilines is 2. The summed E-state index contributed by atoms with van der Waals surface area (Å²) in [6, 6.07) is 19.9. The van der Waals surface area contributed by atoms with Crippen LogP contribution >= 0.6 is 0 Å². The fourth-order valence-electron chi connectivity index (χ4n) is 3.32. The van der Waals surface area contributed by atoms with Gasteiger partial charge in [0.15, 0.2) is 0 Å². The van der Waals surface area contributed by atoms with Gasteiger partial charge < -0.3 is 15.0 Å². The molecule has 3 aromatic rings. The van der Waals surface area contributed by atoms with Crippen LogP contribution in [0.3, 0.4) is 0 Å². The van der Waals surface area contributed by atoms with Crippen molar-refractivity contribution in [1.82, 2.24) is 9.91 Å². The molecule has 8 heteroatoms. The fourth-order valence-corrected chi connectivity index (χ4v) is 3.32. The minimum absolute atomic E-state index is 0.306. The van der Waals surface area contributed by atoms with Crippen molar-refractivity contribution in [3.63, 3.8) is 0 Å². The van der Waals surface area contributed by atoms with Crippen LogP contribution < -0.4 is 15.0 Å². The van der Waals surface area contributed by atoms with Gasteiger partial charge in [0.1, 0.15) is 5.75 Å². The molecule has 0 radical (unpaired) electrons. The van der Waals surface area contributed by atoms with E-state index in [2.05, 4.69) is 21.2 Å². The number of rotatable bonds is 9. The van der Waals surface area contributed by atoms with Crippen LogP contribution in [0.15, 0.2) is 77.9 Å². The molecule has 1 N–H and O–H groups in total. The van der Waals surface area contributed by atoms with E-state index in [-0.39, 0.29) is 0 Å². The van der Waals surface area contributed by atoms with Gasteiger partial charge in [-0.05, 0) is 74.3 Å². The molecule has 0 bridgehead atoms. The monoisotopic (exact) mass is 497 g/mol. The second kappa shape index (κ2) is 12.9. The largest absolute Gasteiger partial charge is 0.497 e. The zero-order valence-electron chi connectivity index (χ0n) is 21.5. The number of imide groups is 1. The SMILES string of the molecule is C#Cc1ccc(N(C(=O)Nc2ccc(C=NN(C)CCN(C)C)cc2)C(=O)c2cccc(OC)c2)cc1. The Hall–Kier alpha value is -4.61. The molecule has 0 aromatic heterocycles. The lowest BCUT2D eigenvalue weighted by Crippen LogP contribution is -2.40. The van der Waals surface area contributed by atoms with Crippen LogP contribution in [-0.4, -0.2) is 69.4 Å². The summed E-state index contributed by atoms with van der Waals surface area (Å²) >= 11 is 0. The number of hydrogen-bond donors (Lipinski definition) is 1. The summed E-state index contributed by atoms with van der Waals surface area (Å²) in [4.78, 5) is 30.0. The zero-order chi connectivity index (χ0) is 26.8. The molecule has 8 nitrogen and oxygen atoms in total. The third-order valence-corrected chi connectivity index (χ3v) is 5.45. The summed E-state index contributed by atoms with van der Waals surface area (Å²) in [5.41, 5.74) is 2.74. The van der Waals surface area contributed by atoms with E-state index in [9.17, 15) is 9.59 Å². The Morgan fingerprint density at radius 2 is 1.70 bits per heavy atom. The van der Waals surface area contributed by atoms with Gasteiger partial charge >= 0.3 is 6.03 Å². The summed E-state index contributed by atoms with van der Waals surface area (Å²) in [6.45, 7) is 1.70. The Balaban J connectivity index is 1.79. The van der Waals surface area contributed by atoms with E-state index in [1.165, 1.54) is 7.11 Å². The molecule has 3 aromatic carbocycles. The number of nitrogens with zero attached hydrogens (tertiary/aromatic N) is 4. The summed E-state index contributed by atoms with van der Waals surface area (Å²) in [5, 5.41) is 9.10. The van der Waals surface area contributed by atoms with E-state index in [1.54, 1.807) is 66.9 Å². The minimum Gasteiger partial charge on any atom is -0.497 e. The summed E-state index contributed by atoms with van der Waals surface area (Å²) in [7, 11) is 7.46. The van der Waals surface area contributed by atoms with Crippen LogP contribution in [0.4, 0.5) is 16.2 Å². The van der Waals surface area contributed by atoms with E-state index >= 15 is 0 Å². The number of urea groups is 1. The number of ether oxygens (including phenoxy) is 1. The van der Waals surface area contributed by atoms with Crippen molar-refractivity contribution in [3.8, 4) is 18.1 Å². The number of nitrogens with one attached hydrogen (secondary N) is 1. The highest BCUT2D eigenvalue weighted by Gasteiger charge is 2.25. The van der Waals surface area contributed by atoms with Crippen molar-refractivity contribution in [2.24, 2.45) is 5.10 Å². The second-order valence-corrected chi connectivity index (χ2v) is 8.54. The van der Waals surface area contributed by atoms with Gasteiger partial charge in [-0.1, -0.05) is 24.1 Å². The first kappa shape index (κ1) is 27.0. The van der Waals surface area contributed by atoms with Gasteiger partial charge in [-0.3, -0.25) is 9.80 Å². The first-order valence-electron chi connectivity index (χ1n) is 11.7. The van der Waals surface area contributed by atoms with Crippen LogP contribution in [0.2, 0.25) is 0 Å². The summed E-state index contributed by atoms with van der Waals surface area (Å²) in [6.07, 6.45) is 7.22. The van der Waals surface area contributed by atoms with Crippen LogP contribution in [0, 0.1) is 12.3 Å². The lowest BCUT2D eigenvalue weighted by Gasteiger charge is -2.22. The predicted octanol–water partition coefficient (Wildman–Crippen LogP) is 4.38. The summed E-state index contributed by atoms with van der Waals surface area (Å²) < 4.78 is 5.24. The molecular formula is C29H31N5O3. The van der Waals surface area contributed by atoms with Gasteiger partial charge in [-0.2, -0.15) is 5.10 Å². The molecule has 0 aliphatic heterocycles. The number of carbonyl (C=O) groups excluding carboxylic acids is 2. The normalized spacial score (nSPS) is 10.7. The maximum Gasteiger partial charge on any atom is 0.333 e. The molecule has 0 spiro atoms. The number of terminal acetylenes is 1. The first-order valence-corrected chi connectivity index (χ1v) is 11.7. The Kier molecular flexibility index (Phi) is 9.41. The van der Waals surface area contributed by atoms with Gasteiger partial charge in [0.05, 0.1) is 19.0 Å². The minimum atomic E-state index is -0.605. The highest BCUT2D eigenvalue weighted by molar-refractivity contribution is 6.23. The van der Waals surface area contributed by atoms with Gasteiger partial charge in [0, 0.05) is 37.0 Å². The molecule has 0 heterocycles. The number of amides is 3. The van der Waals surface area contributed by atoms with Crippen molar-refractivity contribution in [3.05, 3.63) is 89.5 Å². The molecule has 0 saturated heterocycles. The van der Waals surface area contributed by atoms with Crippen molar-refractivity contribution >= 4 is 29.5 Å². The molecule has 37 heavy (non-hydrogen) atoms. The standard InChI is InChI=1S/C29H31N5O3/c1-6-22-12-16-26(17-13-22)34(28(35)24-8-7-9-27(20-24)37-5)29(36)31-25-14-10-23(11-15-25)21-30-33(4)19-18-32(2)3/h1,7-17,20-21H,18-19H2,2-5H3,(H,31,36). The first-order chi connectivity index (χ1) is 17.8. The van der Waals surface area contributed by atoms with Crippen LogP contribution in [0.25, 0.3) is 0 Å². The van der Waals surface area contributed by atoms with Gasteiger partial charge in [-0.25, -0.2) is 9.69 Å². The lowest BCUT2D eigenvalue weighted by atomic mass is 10.1. The van der Waals surface area contributed by atoms with Crippen molar-refractivity contribution < 1.29 is 14.3 Å². The quantitative estimate of drug-likeness (QED) is 0.270. The highest BCUT2D eigenvalue weighted by Crippen LogP contribution is 2.22. The molecule has 0 saturated carbocycles. The Bertz CT molecular complexity index is 1280. The smallest absolute Gasteiger partial charge is 0.333 e. The van der Waals surface area contributed by atoms with Crippen molar-refractivity contribution in [1.29, 1.82) is 0 Å². The van der Waals surface area contributed by atoms with Crippen LogP contribution in [-0.2, 0) is 0 Å². The third kappa shape index (κ3) is 7.69. The Labute approximate surface area is 218 Å². The fraction of sp³-hybridized carbons (Fsp3) is 0.207. The molecule has 3 rings (SSSR count). The maximum atomic E-state index is 13.4. The molecule has 0 atom stereocenters. The molecule has 0 aliphatic carbocycles. The Morgan fingerprint density at radius 1 is 1.00 bits per heavy atom. The average Bonchev–Trinajstić information content (AvgIpc) is 2.92. The molecule has 3 amide bonds. The molecule has 0 aliphatic rings. The third-order valence-electron chi connectivity index (χ3n) is 5.45. The van der Waals surface area contributed by atoms with Gasteiger partial charge in [0.25, 0.3) is 5.91 Å². The number of hydrazone groups is 1. The Morgan fingerprint density at radius 3 is 2.32 bits per heavy atom. The maximum absolute atomic E-state index is 13.4. The summed E-state index contributed by atoms with van der Waals surface area (Å²) in [5.74, 6) is 2.54. The number of likely N-dealkylation sites (N-methyl/N-ethyl adjacent to an activating group) is 2. The number of hydrogen-bond acceptors (Lipinski definition) is 6. The zero-order valence-corrected chi connectivity index (χ0v) is 21.5. The van der Waals surface area contributed by atoms with E-state index in [4.69, 9.17) is 11.2 Å². The van der Waals surface area contributed by atoms with E-state index in [1.807, 2.05) is 38.3 Å². The number of methoxy groups -OCH3 is 1. The highest BCUT2D eigenvalue weighted by atomic mass is 16.5. The molecule has 0 fully saturated rings. The van der Waals surface area contributed by atoms with Crippen molar-refractivity contribution in [2.75, 3.05) is 51.6 Å². The molecular weight excluding hydrogens is 466 g/mol. The lowest BCUT2D eigenvalue weighted by molar-refractivity contribution is 0.0995. The van der Waals surface area contributed by atoms with Gasteiger partial charge in [0.2, 0.25) is 0 Å². The van der Waals surface area contributed by atoms with Gasteiger partial charge in [-0.15, -0.1) is 6.42 Å². The predicted molar refractivity (Wildman–Crippen MR) is 148 cm³/mol. The van der Waals surface area contributed by atoms with E-state index in [0.717, 1.165) is 23.6 Å².